The highest BCUT2D eigenvalue weighted by molar-refractivity contribution is 7.11. The van der Waals surface area contributed by atoms with E-state index in [1.165, 1.54) is 11.5 Å². The molecule has 1 fully saturated rings. The van der Waals surface area contributed by atoms with Crippen molar-refractivity contribution in [3.63, 3.8) is 0 Å². The van der Waals surface area contributed by atoms with E-state index in [0.717, 1.165) is 45.8 Å². The fourth-order valence-corrected chi connectivity index (χ4v) is 5.30. The van der Waals surface area contributed by atoms with Crippen LogP contribution in [0.3, 0.4) is 0 Å². The Morgan fingerprint density at radius 1 is 1.11 bits per heavy atom. The molecule has 8 heteroatoms. The third-order valence-electron chi connectivity index (χ3n) is 6.08. The van der Waals surface area contributed by atoms with E-state index in [0.29, 0.717) is 17.9 Å². The summed E-state index contributed by atoms with van der Waals surface area (Å²) in [6.45, 7) is 6.30. The van der Waals surface area contributed by atoms with E-state index in [1.54, 1.807) is 13.2 Å². The molecule has 3 heterocycles. The van der Waals surface area contributed by atoms with Gasteiger partial charge in [-0.25, -0.2) is 0 Å². The van der Waals surface area contributed by atoms with Crippen molar-refractivity contribution in [2.75, 3.05) is 25.1 Å². The third kappa shape index (κ3) is 4.99. The first kappa shape index (κ1) is 23.3. The number of benzene rings is 2. The van der Waals surface area contributed by atoms with Crippen LogP contribution in [0.5, 0.6) is 5.75 Å². The van der Waals surface area contributed by atoms with E-state index in [2.05, 4.69) is 28.4 Å². The number of aromatic nitrogens is 2. The Morgan fingerprint density at radius 3 is 2.63 bits per heavy atom. The van der Waals surface area contributed by atoms with Crippen LogP contribution in [0.1, 0.15) is 29.8 Å². The number of rotatable bonds is 6. The maximum atomic E-state index is 12.8. The molecule has 1 amide bonds. The van der Waals surface area contributed by atoms with Gasteiger partial charge in [0.05, 0.1) is 24.9 Å². The largest absolute Gasteiger partial charge is 0.496 e. The van der Waals surface area contributed by atoms with Crippen LogP contribution in [-0.4, -0.2) is 47.7 Å². The summed E-state index contributed by atoms with van der Waals surface area (Å²) in [5.41, 5.74) is 5.14. The summed E-state index contributed by atoms with van der Waals surface area (Å²) in [4.78, 5) is 19.9. The minimum atomic E-state index is -0.177. The number of nitrogens with one attached hydrogen (secondary N) is 1. The number of ether oxygens (including phenoxy) is 2. The van der Waals surface area contributed by atoms with Gasteiger partial charge in [0.25, 0.3) is 5.91 Å². The smallest absolute Gasteiger partial charge is 0.255 e. The normalized spacial score (nSPS) is 18.0. The van der Waals surface area contributed by atoms with Gasteiger partial charge in [0, 0.05) is 31.4 Å². The Balaban J connectivity index is 1.37. The second-order valence-corrected chi connectivity index (χ2v) is 9.58. The molecule has 0 bridgehead atoms. The van der Waals surface area contributed by atoms with Gasteiger partial charge in [0.1, 0.15) is 21.8 Å². The molecule has 0 spiro atoms. The molecule has 5 rings (SSSR count). The maximum Gasteiger partial charge on any atom is 0.255 e. The molecular weight excluding hydrogens is 460 g/mol. The highest BCUT2D eigenvalue weighted by Crippen LogP contribution is 2.35. The Hall–Kier alpha value is -3.49. The second kappa shape index (κ2) is 10.0. The Bertz CT molecular complexity index is 1330. The molecular formula is C27H28N4O3S. The van der Waals surface area contributed by atoms with Gasteiger partial charge < -0.3 is 19.7 Å². The average Bonchev–Trinajstić information content (AvgIpc) is 3.30. The Labute approximate surface area is 208 Å². The molecule has 7 nitrogen and oxygen atoms in total. The summed E-state index contributed by atoms with van der Waals surface area (Å²) >= 11 is 1.48. The quantitative estimate of drug-likeness (QED) is 0.416. The molecule has 0 aliphatic carbocycles. The van der Waals surface area contributed by atoms with Crippen molar-refractivity contribution in [2.24, 2.45) is 0 Å². The van der Waals surface area contributed by atoms with Crippen molar-refractivity contribution in [3.8, 4) is 16.9 Å². The molecule has 2 aromatic heterocycles. The maximum absolute atomic E-state index is 12.8. The van der Waals surface area contributed by atoms with Crippen LogP contribution in [0.25, 0.3) is 22.2 Å². The first-order valence-corrected chi connectivity index (χ1v) is 12.5. The molecule has 35 heavy (non-hydrogen) atoms. The second-order valence-electron chi connectivity index (χ2n) is 8.83. The minimum Gasteiger partial charge on any atom is -0.496 e. The molecule has 1 aliphatic heterocycles. The van der Waals surface area contributed by atoms with Gasteiger partial charge in [-0.15, -0.1) is 0 Å². The lowest BCUT2D eigenvalue weighted by Gasteiger charge is -2.35. The molecule has 1 aliphatic rings. The van der Waals surface area contributed by atoms with E-state index in [-0.39, 0.29) is 18.1 Å². The number of nitrogens with zero attached hydrogens (tertiary/aromatic N) is 3. The van der Waals surface area contributed by atoms with Gasteiger partial charge in [0.15, 0.2) is 0 Å². The molecule has 2 atom stereocenters. The van der Waals surface area contributed by atoms with Gasteiger partial charge in [-0.1, -0.05) is 36.4 Å². The van der Waals surface area contributed by atoms with Crippen molar-refractivity contribution >= 4 is 33.5 Å². The van der Waals surface area contributed by atoms with E-state index >= 15 is 0 Å². The zero-order valence-corrected chi connectivity index (χ0v) is 20.8. The topological polar surface area (TPSA) is 76.6 Å². The molecule has 1 N–H and O–H groups in total. The number of methoxy groups -OCH3 is 1. The van der Waals surface area contributed by atoms with E-state index in [4.69, 9.17) is 14.5 Å². The fraction of sp³-hybridized carbons (Fsp3) is 0.296. The van der Waals surface area contributed by atoms with Crippen molar-refractivity contribution < 1.29 is 14.3 Å². The number of hydrogen-bond acceptors (Lipinski definition) is 7. The monoisotopic (exact) mass is 488 g/mol. The number of carbonyl (C=O) groups excluding carboxylic acids is 1. The fourth-order valence-electron chi connectivity index (χ4n) is 4.46. The Kier molecular flexibility index (Phi) is 6.66. The number of carbonyl (C=O) groups is 1. The molecule has 1 saturated heterocycles. The number of anilines is 1. The molecule has 2 aromatic carbocycles. The lowest BCUT2D eigenvalue weighted by Crippen LogP contribution is -2.45. The van der Waals surface area contributed by atoms with Crippen LogP contribution in [0, 0.1) is 0 Å². The zero-order chi connectivity index (χ0) is 24.4. The molecule has 4 aromatic rings. The number of morpholine rings is 1. The van der Waals surface area contributed by atoms with Crippen molar-refractivity contribution in [1.29, 1.82) is 0 Å². The van der Waals surface area contributed by atoms with Crippen molar-refractivity contribution in [2.45, 2.75) is 32.6 Å². The number of amides is 1. The van der Waals surface area contributed by atoms with Gasteiger partial charge in [0.2, 0.25) is 0 Å². The third-order valence-corrected chi connectivity index (χ3v) is 7.00. The molecule has 180 valence electrons. The van der Waals surface area contributed by atoms with Crippen molar-refractivity contribution in [1.82, 2.24) is 14.7 Å². The summed E-state index contributed by atoms with van der Waals surface area (Å²) in [7, 11) is 1.57. The lowest BCUT2D eigenvalue weighted by molar-refractivity contribution is -0.00494. The van der Waals surface area contributed by atoms with E-state index in [9.17, 15) is 4.79 Å². The summed E-state index contributed by atoms with van der Waals surface area (Å²) in [5, 5.41) is 4.04. The minimum absolute atomic E-state index is 0.172. The van der Waals surface area contributed by atoms with Crippen LogP contribution in [0.2, 0.25) is 0 Å². The standard InChI is InChI=1S/C27H28N4O3S/c1-17-15-31(16-18(2)34-17)27-25-23(30-35-27)11-21(14-28-25)20-9-10-22(24(12-20)33-3)26(32)29-13-19-7-5-4-6-8-19/h4-12,14,17-18H,13,15-16H2,1-3H3,(H,29,32)/t17-,18+. The van der Waals surface area contributed by atoms with Gasteiger partial charge >= 0.3 is 0 Å². The van der Waals surface area contributed by atoms with E-state index < -0.39 is 0 Å². The SMILES string of the molecule is COc1cc(-c2cnc3c(N4C[C@@H](C)O[C@@H](C)C4)snc3c2)ccc1C(=O)NCc1ccccc1. The molecule has 0 unspecified atom stereocenters. The van der Waals surface area contributed by atoms with Crippen LogP contribution in [-0.2, 0) is 11.3 Å². The predicted molar refractivity (Wildman–Crippen MR) is 139 cm³/mol. The Morgan fingerprint density at radius 2 is 1.89 bits per heavy atom. The van der Waals surface area contributed by atoms with Crippen LogP contribution >= 0.6 is 11.5 Å². The van der Waals surface area contributed by atoms with E-state index in [1.807, 2.05) is 54.7 Å². The highest BCUT2D eigenvalue weighted by atomic mass is 32.1. The molecule has 0 radical (unpaired) electrons. The van der Waals surface area contributed by atoms with Gasteiger partial charge in [-0.3, -0.25) is 9.78 Å². The van der Waals surface area contributed by atoms with Crippen LogP contribution in [0.15, 0.2) is 60.8 Å². The predicted octanol–water partition coefficient (Wildman–Crippen LogP) is 4.91. The average molecular weight is 489 g/mol. The first-order valence-electron chi connectivity index (χ1n) is 11.7. The number of hydrogen-bond donors (Lipinski definition) is 1. The van der Waals surface area contributed by atoms with Crippen LogP contribution in [0.4, 0.5) is 5.00 Å². The summed E-state index contributed by atoms with van der Waals surface area (Å²) < 4.78 is 16.1. The summed E-state index contributed by atoms with van der Waals surface area (Å²) in [5.74, 6) is 0.340. The van der Waals surface area contributed by atoms with Gasteiger partial charge in [-0.2, -0.15) is 4.37 Å². The highest BCUT2D eigenvalue weighted by Gasteiger charge is 2.25. The van der Waals surface area contributed by atoms with Gasteiger partial charge in [-0.05, 0) is 54.7 Å². The molecule has 0 saturated carbocycles. The lowest BCUT2D eigenvalue weighted by atomic mass is 10.0. The first-order chi connectivity index (χ1) is 17.0. The van der Waals surface area contributed by atoms with Crippen molar-refractivity contribution in [3.05, 3.63) is 71.9 Å². The summed E-state index contributed by atoms with van der Waals surface area (Å²) in [6, 6.07) is 17.4. The van der Waals surface area contributed by atoms with Crippen LogP contribution < -0.4 is 15.0 Å². The summed E-state index contributed by atoms with van der Waals surface area (Å²) in [6.07, 6.45) is 2.20. The zero-order valence-electron chi connectivity index (χ0n) is 20.0. The number of pyridine rings is 1. The number of fused-ring (bicyclic) bond motifs is 1.